The van der Waals surface area contributed by atoms with E-state index in [4.69, 9.17) is 5.11 Å². The Hall–Kier alpha value is -1.49. The number of carbonyl (C=O) groups excluding carboxylic acids is 1. The summed E-state index contributed by atoms with van der Waals surface area (Å²) in [6.45, 7) is 1.05. The molecule has 0 aliphatic heterocycles. The molecule has 1 rings (SSSR count). The van der Waals surface area contributed by atoms with Crippen molar-refractivity contribution in [1.29, 1.82) is 0 Å². The van der Waals surface area contributed by atoms with Gasteiger partial charge in [0.15, 0.2) is 0 Å². The summed E-state index contributed by atoms with van der Waals surface area (Å²) in [5.74, 6) is 0.267. The molecule has 1 amide bonds. The summed E-state index contributed by atoms with van der Waals surface area (Å²) in [4.78, 5) is 24.7. The molecule has 0 unspecified atom stereocenters. The summed E-state index contributed by atoms with van der Waals surface area (Å²) in [5, 5.41) is 8.72. The zero-order chi connectivity index (χ0) is 15.5. The second-order valence-corrected chi connectivity index (χ2v) is 5.88. The first-order chi connectivity index (χ1) is 10.1. The Labute approximate surface area is 130 Å². The lowest BCUT2D eigenvalue weighted by Gasteiger charge is -2.22. The number of aliphatic carboxylic acids is 1. The van der Waals surface area contributed by atoms with Gasteiger partial charge in [0, 0.05) is 25.9 Å². The van der Waals surface area contributed by atoms with Crippen LogP contribution < -0.4 is 0 Å². The highest BCUT2D eigenvalue weighted by atomic mass is 32.2. The molecule has 0 radical (unpaired) electrons. The van der Waals surface area contributed by atoms with Gasteiger partial charge < -0.3 is 10.0 Å². The Morgan fingerprint density at radius 3 is 2.48 bits per heavy atom. The second-order valence-electron chi connectivity index (χ2n) is 4.89. The van der Waals surface area contributed by atoms with Gasteiger partial charge in [0.25, 0.3) is 0 Å². The fourth-order valence-electron chi connectivity index (χ4n) is 2.04. The molecular formula is C16H23NO3S. The molecule has 0 heterocycles. The van der Waals surface area contributed by atoms with E-state index in [-0.39, 0.29) is 12.3 Å². The first-order valence-corrected chi connectivity index (χ1v) is 8.55. The molecule has 0 saturated carbocycles. The Morgan fingerprint density at radius 1 is 1.14 bits per heavy atom. The van der Waals surface area contributed by atoms with Gasteiger partial charge in [-0.2, -0.15) is 11.8 Å². The predicted octanol–water partition coefficient (Wildman–Crippen LogP) is 3.02. The Bertz CT molecular complexity index is 436. The number of amides is 1. The minimum atomic E-state index is -0.815. The third kappa shape index (κ3) is 7.75. The third-order valence-electron chi connectivity index (χ3n) is 3.13. The van der Waals surface area contributed by atoms with Gasteiger partial charge in [-0.3, -0.25) is 9.59 Å². The number of carbonyl (C=O) groups is 2. The van der Waals surface area contributed by atoms with Gasteiger partial charge >= 0.3 is 5.97 Å². The van der Waals surface area contributed by atoms with Crippen LogP contribution >= 0.6 is 11.8 Å². The van der Waals surface area contributed by atoms with E-state index in [1.165, 1.54) is 0 Å². The fraction of sp³-hybridized carbons (Fsp3) is 0.500. The van der Waals surface area contributed by atoms with E-state index < -0.39 is 5.97 Å². The van der Waals surface area contributed by atoms with E-state index in [1.807, 2.05) is 36.6 Å². The number of carboxylic acid groups (broad SMARTS) is 1. The van der Waals surface area contributed by atoms with Gasteiger partial charge in [0.1, 0.15) is 0 Å². The molecule has 0 bridgehead atoms. The van der Waals surface area contributed by atoms with E-state index in [9.17, 15) is 9.59 Å². The zero-order valence-corrected chi connectivity index (χ0v) is 13.3. The largest absolute Gasteiger partial charge is 0.481 e. The lowest BCUT2D eigenvalue weighted by Crippen LogP contribution is -2.31. The van der Waals surface area contributed by atoms with Crippen LogP contribution in [0.3, 0.4) is 0 Å². The molecule has 0 saturated heterocycles. The summed E-state index contributed by atoms with van der Waals surface area (Å²) in [5.41, 5.74) is 1.08. The normalized spacial score (nSPS) is 10.3. The van der Waals surface area contributed by atoms with Crippen molar-refractivity contribution in [3.63, 3.8) is 0 Å². The number of hydrogen-bond donors (Lipinski definition) is 1. The van der Waals surface area contributed by atoms with E-state index >= 15 is 0 Å². The molecule has 0 spiro atoms. The SMILES string of the molecule is CSCCCC(=O)N(CCCC(=O)O)Cc1ccccc1. The number of thioether (sulfide) groups is 1. The summed E-state index contributed by atoms with van der Waals surface area (Å²) >= 11 is 1.73. The first-order valence-electron chi connectivity index (χ1n) is 7.16. The summed E-state index contributed by atoms with van der Waals surface area (Å²) in [7, 11) is 0. The van der Waals surface area contributed by atoms with Crippen LogP contribution in [0, 0.1) is 0 Å². The number of benzene rings is 1. The minimum absolute atomic E-state index is 0.101. The van der Waals surface area contributed by atoms with Crippen molar-refractivity contribution in [2.75, 3.05) is 18.6 Å². The average molecular weight is 309 g/mol. The van der Waals surface area contributed by atoms with Crippen molar-refractivity contribution in [3.05, 3.63) is 35.9 Å². The molecule has 1 aromatic rings. The molecule has 1 N–H and O–H groups in total. The molecule has 0 aliphatic rings. The van der Waals surface area contributed by atoms with E-state index in [0.29, 0.717) is 25.9 Å². The number of rotatable bonds is 10. The summed E-state index contributed by atoms with van der Waals surface area (Å²) in [6, 6.07) is 9.81. The Kier molecular flexibility index (Phi) is 8.59. The molecule has 5 heteroatoms. The molecule has 116 valence electrons. The summed E-state index contributed by atoms with van der Waals surface area (Å²) in [6.07, 6.45) is 4.02. The van der Waals surface area contributed by atoms with Gasteiger partial charge in [0.05, 0.1) is 0 Å². The highest BCUT2D eigenvalue weighted by molar-refractivity contribution is 7.98. The van der Waals surface area contributed by atoms with Crippen molar-refractivity contribution in [3.8, 4) is 0 Å². The van der Waals surface area contributed by atoms with Crippen LogP contribution in [0.5, 0.6) is 0 Å². The maximum atomic E-state index is 12.3. The van der Waals surface area contributed by atoms with Gasteiger partial charge in [-0.15, -0.1) is 0 Å². The van der Waals surface area contributed by atoms with Crippen molar-refractivity contribution in [2.45, 2.75) is 32.2 Å². The van der Waals surface area contributed by atoms with Crippen LogP contribution in [-0.4, -0.2) is 40.4 Å². The second kappa shape index (κ2) is 10.3. The lowest BCUT2D eigenvalue weighted by atomic mass is 10.2. The summed E-state index contributed by atoms with van der Waals surface area (Å²) < 4.78 is 0. The number of hydrogen-bond acceptors (Lipinski definition) is 3. The van der Waals surface area contributed by atoms with Crippen molar-refractivity contribution in [1.82, 2.24) is 4.90 Å². The molecule has 0 atom stereocenters. The molecule has 1 aromatic carbocycles. The van der Waals surface area contributed by atoms with Crippen LogP contribution in [0.15, 0.2) is 30.3 Å². The standard InChI is InChI=1S/C16H23NO3S/c1-21-12-6-9-15(18)17(11-5-10-16(19)20)13-14-7-3-2-4-8-14/h2-4,7-8H,5-6,9-13H2,1H3,(H,19,20). The first kappa shape index (κ1) is 17.6. The van der Waals surface area contributed by atoms with Gasteiger partial charge in [0.2, 0.25) is 5.91 Å². The smallest absolute Gasteiger partial charge is 0.303 e. The van der Waals surface area contributed by atoms with Crippen molar-refractivity contribution < 1.29 is 14.7 Å². The third-order valence-corrected chi connectivity index (χ3v) is 3.82. The van der Waals surface area contributed by atoms with Crippen molar-refractivity contribution in [2.24, 2.45) is 0 Å². The molecule has 0 fully saturated rings. The monoisotopic (exact) mass is 309 g/mol. The van der Waals surface area contributed by atoms with Crippen molar-refractivity contribution >= 4 is 23.6 Å². The Balaban J connectivity index is 2.55. The highest BCUT2D eigenvalue weighted by Crippen LogP contribution is 2.10. The van der Waals surface area contributed by atoms with Gasteiger partial charge in [-0.05, 0) is 30.4 Å². The number of carboxylic acids is 1. The van der Waals surface area contributed by atoms with Crippen LogP contribution in [0.2, 0.25) is 0 Å². The van der Waals surface area contributed by atoms with Crippen LogP contribution in [-0.2, 0) is 16.1 Å². The highest BCUT2D eigenvalue weighted by Gasteiger charge is 2.14. The fourth-order valence-corrected chi connectivity index (χ4v) is 2.48. The average Bonchev–Trinajstić information content (AvgIpc) is 2.47. The molecule has 4 nitrogen and oxygen atoms in total. The Morgan fingerprint density at radius 2 is 1.86 bits per heavy atom. The lowest BCUT2D eigenvalue weighted by molar-refractivity contribution is -0.138. The predicted molar refractivity (Wildman–Crippen MR) is 86.3 cm³/mol. The van der Waals surface area contributed by atoms with Crippen LogP contribution in [0.25, 0.3) is 0 Å². The van der Waals surface area contributed by atoms with E-state index in [1.54, 1.807) is 16.7 Å². The maximum Gasteiger partial charge on any atom is 0.303 e. The molecule has 0 aromatic heterocycles. The molecule has 0 aliphatic carbocycles. The van der Waals surface area contributed by atoms with Crippen LogP contribution in [0.4, 0.5) is 0 Å². The topological polar surface area (TPSA) is 57.6 Å². The van der Waals surface area contributed by atoms with Crippen LogP contribution in [0.1, 0.15) is 31.2 Å². The van der Waals surface area contributed by atoms with Gasteiger partial charge in [-0.1, -0.05) is 30.3 Å². The minimum Gasteiger partial charge on any atom is -0.481 e. The molecular weight excluding hydrogens is 286 g/mol. The van der Waals surface area contributed by atoms with Gasteiger partial charge in [-0.25, -0.2) is 0 Å². The molecule has 21 heavy (non-hydrogen) atoms. The maximum absolute atomic E-state index is 12.3. The van der Waals surface area contributed by atoms with E-state index in [0.717, 1.165) is 17.7 Å². The zero-order valence-electron chi connectivity index (χ0n) is 12.5. The number of nitrogens with zero attached hydrogens (tertiary/aromatic N) is 1. The van der Waals surface area contributed by atoms with E-state index in [2.05, 4.69) is 0 Å². The quantitative estimate of drug-likeness (QED) is 0.675.